The fourth-order valence-electron chi connectivity index (χ4n) is 3.88. The van der Waals surface area contributed by atoms with Crippen molar-refractivity contribution in [2.75, 3.05) is 33.2 Å². The van der Waals surface area contributed by atoms with Crippen LogP contribution < -0.4 is 10.6 Å². The van der Waals surface area contributed by atoms with Crippen molar-refractivity contribution in [1.29, 1.82) is 0 Å². The van der Waals surface area contributed by atoms with Crippen LogP contribution in [0.3, 0.4) is 0 Å². The van der Waals surface area contributed by atoms with Crippen LogP contribution in [0.4, 0.5) is 0 Å². The number of likely N-dealkylation sites (tertiary alicyclic amines) is 1. The maximum atomic E-state index is 5.31. The van der Waals surface area contributed by atoms with Crippen LogP contribution in [0.15, 0.2) is 33.9 Å². The van der Waals surface area contributed by atoms with Gasteiger partial charge in [-0.3, -0.25) is 14.9 Å². The smallest absolute Gasteiger partial charge is 0.276 e. The lowest BCUT2D eigenvalue weighted by Crippen LogP contribution is -2.50. The van der Waals surface area contributed by atoms with E-state index < -0.39 is 0 Å². The van der Waals surface area contributed by atoms with Gasteiger partial charge in [-0.1, -0.05) is 37.9 Å². The molecule has 0 bridgehead atoms. The van der Waals surface area contributed by atoms with E-state index in [1.807, 2.05) is 18.2 Å². The van der Waals surface area contributed by atoms with Crippen LogP contribution >= 0.6 is 0 Å². The Labute approximate surface area is 179 Å². The first-order valence-electron chi connectivity index (χ1n) is 11.1. The average molecular weight is 414 g/mol. The standard InChI is InChI=1S/C22H35N7O/c1-17(2)19(29-14-8-4-5-9-15-29)16-26-22(23-3)25-13-11-20-27-21(30-28-20)18-10-6-7-12-24-18/h6-7,10,12,17,19H,4-5,8-9,11,13-16H2,1-3H3,(H2,23,25,26). The molecule has 1 aliphatic heterocycles. The highest BCUT2D eigenvalue weighted by Crippen LogP contribution is 2.17. The molecule has 8 nitrogen and oxygen atoms in total. The van der Waals surface area contributed by atoms with Gasteiger partial charge in [0.15, 0.2) is 11.8 Å². The molecule has 0 saturated carbocycles. The van der Waals surface area contributed by atoms with E-state index in [0.717, 1.165) is 12.5 Å². The molecule has 0 aromatic carbocycles. The van der Waals surface area contributed by atoms with Gasteiger partial charge in [-0.2, -0.15) is 4.98 Å². The van der Waals surface area contributed by atoms with Gasteiger partial charge in [0.2, 0.25) is 0 Å². The molecule has 2 aromatic rings. The zero-order chi connectivity index (χ0) is 21.2. The molecule has 0 spiro atoms. The third kappa shape index (κ3) is 6.52. The highest BCUT2D eigenvalue weighted by atomic mass is 16.5. The Hall–Kier alpha value is -2.48. The second-order valence-corrected chi connectivity index (χ2v) is 8.12. The lowest BCUT2D eigenvalue weighted by Gasteiger charge is -2.34. The second-order valence-electron chi connectivity index (χ2n) is 8.12. The van der Waals surface area contributed by atoms with Crippen molar-refractivity contribution in [1.82, 2.24) is 30.7 Å². The van der Waals surface area contributed by atoms with Gasteiger partial charge >= 0.3 is 0 Å². The fourth-order valence-corrected chi connectivity index (χ4v) is 3.88. The van der Waals surface area contributed by atoms with E-state index in [-0.39, 0.29) is 0 Å². The largest absolute Gasteiger partial charge is 0.356 e. The maximum Gasteiger partial charge on any atom is 0.276 e. The number of nitrogens with one attached hydrogen (secondary N) is 2. The van der Waals surface area contributed by atoms with Crippen molar-refractivity contribution in [2.45, 2.75) is 52.0 Å². The van der Waals surface area contributed by atoms with Gasteiger partial charge in [-0.05, 0) is 44.0 Å². The van der Waals surface area contributed by atoms with Crippen LogP contribution in [0.2, 0.25) is 0 Å². The van der Waals surface area contributed by atoms with Crippen LogP contribution in [-0.2, 0) is 6.42 Å². The highest BCUT2D eigenvalue weighted by Gasteiger charge is 2.22. The van der Waals surface area contributed by atoms with Crippen molar-refractivity contribution < 1.29 is 4.52 Å². The maximum absolute atomic E-state index is 5.31. The molecule has 8 heteroatoms. The molecule has 3 heterocycles. The van der Waals surface area contributed by atoms with Gasteiger partial charge < -0.3 is 15.2 Å². The average Bonchev–Trinajstić information content (AvgIpc) is 3.07. The molecule has 3 rings (SSSR count). The van der Waals surface area contributed by atoms with E-state index in [9.17, 15) is 0 Å². The predicted octanol–water partition coefficient (Wildman–Crippen LogP) is 2.74. The van der Waals surface area contributed by atoms with E-state index in [4.69, 9.17) is 4.52 Å². The van der Waals surface area contributed by atoms with Crippen molar-refractivity contribution in [3.8, 4) is 11.6 Å². The highest BCUT2D eigenvalue weighted by molar-refractivity contribution is 5.79. The van der Waals surface area contributed by atoms with Crippen molar-refractivity contribution >= 4 is 5.96 Å². The van der Waals surface area contributed by atoms with Gasteiger partial charge in [0.05, 0.1) is 0 Å². The molecule has 30 heavy (non-hydrogen) atoms. The van der Waals surface area contributed by atoms with Crippen LogP contribution in [0.25, 0.3) is 11.6 Å². The summed E-state index contributed by atoms with van der Waals surface area (Å²) in [4.78, 5) is 15.7. The third-order valence-electron chi connectivity index (χ3n) is 5.57. The zero-order valence-electron chi connectivity index (χ0n) is 18.5. The van der Waals surface area contributed by atoms with Crippen molar-refractivity contribution in [3.05, 3.63) is 30.2 Å². The first-order chi connectivity index (χ1) is 14.7. The van der Waals surface area contributed by atoms with E-state index in [1.54, 1.807) is 13.2 Å². The first-order valence-corrected chi connectivity index (χ1v) is 11.1. The Morgan fingerprint density at radius 2 is 1.97 bits per heavy atom. The van der Waals surface area contributed by atoms with Gasteiger partial charge in [-0.15, -0.1) is 0 Å². The summed E-state index contributed by atoms with van der Waals surface area (Å²) in [5.74, 6) is 2.51. The molecule has 1 fully saturated rings. The fraction of sp³-hybridized carbons (Fsp3) is 0.636. The van der Waals surface area contributed by atoms with Crippen LogP contribution in [0.1, 0.15) is 45.4 Å². The van der Waals surface area contributed by atoms with Crippen molar-refractivity contribution in [3.63, 3.8) is 0 Å². The van der Waals surface area contributed by atoms with E-state index in [1.165, 1.54) is 38.8 Å². The Bertz CT molecular complexity index is 767. The number of pyridine rings is 1. The molecule has 2 N–H and O–H groups in total. The Kier molecular flexibility index (Phi) is 8.62. The lowest BCUT2D eigenvalue weighted by atomic mass is 10.0. The van der Waals surface area contributed by atoms with Crippen LogP contribution in [0, 0.1) is 5.92 Å². The molecule has 1 saturated heterocycles. The molecule has 1 atom stereocenters. The molecule has 1 unspecified atom stereocenters. The summed E-state index contributed by atoms with van der Waals surface area (Å²) < 4.78 is 5.31. The zero-order valence-corrected chi connectivity index (χ0v) is 18.5. The Morgan fingerprint density at radius 1 is 1.17 bits per heavy atom. The minimum Gasteiger partial charge on any atom is -0.356 e. The second kappa shape index (κ2) is 11.6. The summed E-state index contributed by atoms with van der Waals surface area (Å²) in [6, 6.07) is 6.13. The van der Waals surface area contributed by atoms with Crippen molar-refractivity contribution in [2.24, 2.45) is 10.9 Å². The quantitative estimate of drug-likeness (QED) is 0.508. The minimum atomic E-state index is 0.449. The molecule has 2 aromatic heterocycles. The number of guanidine groups is 1. The first kappa shape index (κ1) is 22.2. The van der Waals surface area contributed by atoms with Gasteiger partial charge in [0, 0.05) is 38.8 Å². The number of aromatic nitrogens is 3. The molecule has 0 aliphatic carbocycles. The molecule has 164 valence electrons. The summed E-state index contributed by atoms with van der Waals surface area (Å²) in [5.41, 5.74) is 0.690. The summed E-state index contributed by atoms with van der Waals surface area (Å²) in [7, 11) is 1.80. The van der Waals surface area contributed by atoms with E-state index in [2.05, 4.69) is 49.5 Å². The lowest BCUT2D eigenvalue weighted by molar-refractivity contribution is 0.161. The summed E-state index contributed by atoms with van der Waals surface area (Å²) in [6.07, 6.45) is 7.69. The van der Waals surface area contributed by atoms with E-state index >= 15 is 0 Å². The summed E-state index contributed by atoms with van der Waals surface area (Å²) in [6.45, 7) is 8.59. The Balaban J connectivity index is 1.45. The monoisotopic (exact) mass is 413 g/mol. The molecular formula is C22H35N7O. The normalized spacial score (nSPS) is 17.0. The van der Waals surface area contributed by atoms with Gasteiger partial charge in [0.25, 0.3) is 5.89 Å². The number of rotatable bonds is 8. The van der Waals surface area contributed by atoms with Gasteiger partial charge in [0.1, 0.15) is 5.69 Å². The number of aliphatic imine (C=N–C) groups is 1. The summed E-state index contributed by atoms with van der Waals surface area (Å²) in [5, 5.41) is 10.9. The number of hydrogen-bond acceptors (Lipinski definition) is 6. The molecule has 1 aliphatic rings. The van der Waals surface area contributed by atoms with E-state index in [0.29, 0.717) is 42.3 Å². The molecule has 0 amide bonds. The predicted molar refractivity (Wildman–Crippen MR) is 119 cm³/mol. The topological polar surface area (TPSA) is 91.5 Å². The number of nitrogens with zero attached hydrogens (tertiary/aromatic N) is 5. The van der Waals surface area contributed by atoms with Crippen LogP contribution in [0.5, 0.6) is 0 Å². The molecule has 0 radical (unpaired) electrons. The third-order valence-corrected chi connectivity index (χ3v) is 5.57. The van der Waals surface area contributed by atoms with Crippen LogP contribution in [-0.4, -0.2) is 65.3 Å². The van der Waals surface area contributed by atoms with Gasteiger partial charge in [-0.25, -0.2) is 0 Å². The molecular weight excluding hydrogens is 378 g/mol. The SMILES string of the molecule is CN=C(NCCc1noc(-c2ccccn2)n1)NCC(C(C)C)N1CCCCCC1. The summed E-state index contributed by atoms with van der Waals surface area (Å²) >= 11 is 0. The number of hydrogen-bond donors (Lipinski definition) is 2. The minimum absolute atomic E-state index is 0.449. The Morgan fingerprint density at radius 3 is 2.63 bits per heavy atom.